The predicted octanol–water partition coefficient (Wildman–Crippen LogP) is 6.99. The molecule has 0 heterocycles. The molecule has 1 aliphatic rings. The summed E-state index contributed by atoms with van der Waals surface area (Å²) in [7, 11) is 0. The third-order valence-electron chi connectivity index (χ3n) is 4.03. The number of allylic oxidation sites excluding steroid dienone is 10. The highest BCUT2D eigenvalue weighted by atomic mass is 14.1. The van der Waals surface area contributed by atoms with Crippen LogP contribution < -0.4 is 0 Å². The molecule has 0 amide bonds. The van der Waals surface area contributed by atoms with Crippen LogP contribution in [-0.2, 0) is 0 Å². The van der Waals surface area contributed by atoms with Gasteiger partial charge in [-0.3, -0.25) is 0 Å². The minimum Gasteiger partial charge on any atom is -0.0976 e. The van der Waals surface area contributed by atoms with E-state index in [4.69, 9.17) is 0 Å². The molecule has 1 aromatic rings. The topological polar surface area (TPSA) is 0 Å². The largest absolute Gasteiger partial charge is 0.0976 e. The first-order valence-corrected chi connectivity index (χ1v) is 8.88. The van der Waals surface area contributed by atoms with E-state index in [0.717, 1.165) is 6.42 Å². The lowest BCUT2D eigenvalue weighted by atomic mass is 9.90. The van der Waals surface area contributed by atoms with Crippen LogP contribution in [-0.4, -0.2) is 0 Å². The second-order valence-electron chi connectivity index (χ2n) is 7.19. The summed E-state index contributed by atoms with van der Waals surface area (Å²) in [5, 5.41) is 0. The van der Waals surface area contributed by atoms with E-state index in [0.29, 0.717) is 0 Å². The number of rotatable bonds is 4. The molecule has 0 fully saturated rings. The first-order valence-electron chi connectivity index (χ1n) is 8.88. The molecule has 0 unspecified atom stereocenters. The van der Waals surface area contributed by atoms with E-state index in [-0.39, 0.29) is 5.41 Å². The summed E-state index contributed by atoms with van der Waals surface area (Å²) in [6.45, 7) is 10.6. The number of hydrogen-bond acceptors (Lipinski definition) is 0. The van der Waals surface area contributed by atoms with Crippen molar-refractivity contribution in [3.63, 3.8) is 0 Å². The van der Waals surface area contributed by atoms with E-state index >= 15 is 0 Å². The molecule has 0 bridgehead atoms. The molecule has 0 aliphatic heterocycles. The Balaban J connectivity index is 2.29. The fourth-order valence-electron chi connectivity index (χ4n) is 2.63. The average molecular weight is 328 g/mol. The van der Waals surface area contributed by atoms with Gasteiger partial charge in [-0.1, -0.05) is 84.2 Å². The van der Waals surface area contributed by atoms with Crippen LogP contribution in [0.25, 0.3) is 11.1 Å². The van der Waals surface area contributed by atoms with E-state index in [2.05, 4.69) is 113 Å². The second-order valence-corrected chi connectivity index (χ2v) is 7.19. The van der Waals surface area contributed by atoms with Gasteiger partial charge in [-0.15, -0.1) is 0 Å². The van der Waals surface area contributed by atoms with Crippen LogP contribution in [0.4, 0.5) is 0 Å². The smallest absolute Gasteiger partial charge is 0.0440 e. The highest BCUT2D eigenvalue weighted by Gasteiger charge is 2.10. The lowest BCUT2D eigenvalue weighted by Crippen LogP contribution is -2.03. The maximum absolute atomic E-state index is 3.33. The molecule has 0 atom stereocenters. The molecule has 0 saturated heterocycles. The van der Waals surface area contributed by atoms with Crippen LogP contribution in [0.3, 0.4) is 0 Å². The van der Waals surface area contributed by atoms with Crippen molar-refractivity contribution < 1.29 is 0 Å². The molecule has 0 heteroatoms. The summed E-state index contributed by atoms with van der Waals surface area (Å²) < 4.78 is 0. The van der Waals surface area contributed by atoms with Crippen LogP contribution in [0.15, 0.2) is 72.4 Å². The van der Waals surface area contributed by atoms with Gasteiger partial charge in [0.05, 0.1) is 0 Å². The maximum atomic E-state index is 3.33. The third-order valence-corrected chi connectivity index (χ3v) is 4.03. The molecule has 25 heavy (non-hydrogen) atoms. The Hall–Kier alpha value is -2.52. The Kier molecular flexibility index (Phi) is 6.43. The Morgan fingerprint density at radius 1 is 1.08 bits per heavy atom. The monoisotopic (exact) mass is 328 g/mol. The van der Waals surface area contributed by atoms with Crippen LogP contribution in [0.1, 0.15) is 52.2 Å². The Bertz CT molecular complexity index is 803. The van der Waals surface area contributed by atoms with Crippen molar-refractivity contribution in [2.45, 2.75) is 41.0 Å². The van der Waals surface area contributed by atoms with Crippen molar-refractivity contribution in [3.05, 3.63) is 83.5 Å². The van der Waals surface area contributed by atoms with Gasteiger partial charge in [-0.2, -0.15) is 0 Å². The molecular formula is C25H28. The van der Waals surface area contributed by atoms with Gasteiger partial charge < -0.3 is 0 Å². The van der Waals surface area contributed by atoms with Gasteiger partial charge in [0.15, 0.2) is 0 Å². The predicted molar refractivity (Wildman–Crippen MR) is 112 cm³/mol. The lowest BCUT2D eigenvalue weighted by molar-refractivity contribution is 0.654. The normalized spacial score (nSPS) is 19.9. The van der Waals surface area contributed by atoms with Gasteiger partial charge in [0.25, 0.3) is 0 Å². The first-order chi connectivity index (χ1) is 11.9. The van der Waals surface area contributed by atoms with Crippen molar-refractivity contribution in [1.29, 1.82) is 0 Å². The molecular weight excluding hydrogens is 300 g/mol. The molecule has 0 aromatic heterocycles. The quantitative estimate of drug-likeness (QED) is 0.413. The fraction of sp³-hybridized carbons (Fsp3) is 0.280. The molecule has 0 nitrogen and oxygen atoms in total. The summed E-state index contributed by atoms with van der Waals surface area (Å²) in [6.07, 6.45) is 15.9. The van der Waals surface area contributed by atoms with E-state index in [1.807, 2.05) is 0 Å². The van der Waals surface area contributed by atoms with Crippen LogP contribution in [0.2, 0.25) is 0 Å². The van der Waals surface area contributed by atoms with Crippen LogP contribution in [0.5, 0.6) is 0 Å². The Morgan fingerprint density at radius 3 is 2.44 bits per heavy atom. The Morgan fingerprint density at radius 2 is 1.80 bits per heavy atom. The van der Waals surface area contributed by atoms with Gasteiger partial charge in [-0.05, 0) is 56.9 Å². The standard InChI is InChI=1S/C25H28/c1-6-9-21(13-12-20(2)3)23-14-16-24(17-15-23)22-10-7-18-25(4,5)19-8-11-22/h6-7,9-10,12-18H,11H2,1-5H3/b9-6-,18-7-,21-13+,22-10+. The van der Waals surface area contributed by atoms with Crippen molar-refractivity contribution >= 4 is 11.1 Å². The first kappa shape index (κ1) is 18.8. The van der Waals surface area contributed by atoms with Crippen molar-refractivity contribution in [2.75, 3.05) is 0 Å². The van der Waals surface area contributed by atoms with Gasteiger partial charge >= 0.3 is 0 Å². The summed E-state index contributed by atoms with van der Waals surface area (Å²) >= 11 is 0. The van der Waals surface area contributed by atoms with Crippen molar-refractivity contribution in [2.24, 2.45) is 5.41 Å². The van der Waals surface area contributed by atoms with Gasteiger partial charge in [-0.25, -0.2) is 0 Å². The maximum Gasteiger partial charge on any atom is 0.0440 e. The molecule has 1 aromatic carbocycles. The molecule has 0 saturated carbocycles. The summed E-state index contributed by atoms with van der Waals surface area (Å²) in [4.78, 5) is 0. The van der Waals surface area contributed by atoms with Gasteiger partial charge in [0.1, 0.15) is 0 Å². The highest BCUT2D eigenvalue weighted by Crippen LogP contribution is 2.25. The molecule has 2 rings (SSSR count). The van der Waals surface area contributed by atoms with E-state index in [1.165, 1.54) is 27.8 Å². The van der Waals surface area contributed by atoms with Gasteiger partial charge in [0.2, 0.25) is 0 Å². The lowest BCUT2D eigenvalue weighted by Gasteiger charge is -2.13. The molecule has 0 spiro atoms. The van der Waals surface area contributed by atoms with E-state index < -0.39 is 0 Å². The molecule has 0 N–H and O–H groups in total. The average Bonchev–Trinajstić information content (AvgIpc) is 2.55. The summed E-state index contributed by atoms with van der Waals surface area (Å²) in [6, 6.07) is 8.79. The van der Waals surface area contributed by atoms with E-state index in [9.17, 15) is 0 Å². The van der Waals surface area contributed by atoms with E-state index in [1.54, 1.807) is 0 Å². The molecule has 1 aliphatic carbocycles. The zero-order valence-electron chi connectivity index (χ0n) is 16.1. The number of hydrogen-bond donors (Lipinski definition) is 0. The number of benzene rings is 1. The van der Waals surface area contributed by atoms with Crippen LogP contribution >= 0.6 is 0 Å². The summed E-state index contributed by atoms with van der Waals surface area (Å²) in [5.41, 5.74) is 6.22. The zero-order chi connectivity index (χ0) is 18.3. The fourth-order valence-corrected chi connectivity index (χ4v) is 2.63. The van der Waals surface area contributed by atoms with Crippen molar-refractivity contribution in [3.8, 4) is 11.8 Å². The van der Waals surface area contributed by atoms with Crippen molar-refractivity contribution in [1.82, 2.24) is 0 Å². The SMILES string of the molecule is C/C=C\C(=C/C=C(C)C)c1ccc(/C2=C/C=C\C(C)(C)C#CC2)cc1. The Labute approximate surface area is 153 Å². The summed E-state index contributed by atoms with van der Waals surface area (Å²) in [5.74, 6) is 6.65. The molecule has 0 radical (unpaired) electrons. The molecule has 128 valence electrons. The minimum absolute atomic E-state index is 0.0387. The van der Waals surface area contributed by atoms with Gasteiger partial charge in [0, 0.05) is 11.8 Å². The zero-order valence-corrected chi connectivity index (χ0v) is 16.1. The third kappa shape index (κ3) is 5.80. The second kappa shape index (κ2) is 8.54. The highest BCUT2D eigenvalue weighted by molar-refractivity contribution is 5.77. The minimum atomic E-state index is -0.0387. The van der Waals surface area contributed by atoms with Crippen LogP contribution in [0, 0.1) is 17.3 Å².